The van der Waals surface area contributed by atoms with Gasteiger partial charge >= 0.3 is 0 Å². The molecule has 0 bridgehead atoms. The number of piperidine rings is 1. The van der Waals surface area contributed by atoms with Crippen LogP contribution in [0.25, 0.3) is 0 Å². The van der Waals surface area contributed by atoms with E-state index in [0.717, 1.165) is 24.9 Å². The minimum atomic E-state index is -3.76. The Kier molecular flexibility index (Phi) is 5.22. The van der Waals surface area contributed by atoms with Gasteiger partial charge in [0.2, 0.25) is 15.9 Å². The minimum absolute atomic E-state index is 0.00307. The molecule has 132 valence electrons. The van der Waals surface area contributed by atoms with Crippen molar-refractivity contribution < 1.29 is 13.2 Å². The molecule has 2 atom stereocenters. The van der Waals surface area contributed by atoms with Crippen LogP contribution in [-0.4, -0.2) is 38.9 Å². The fraction of sp³-hybridized carbons (Fsp3) is 0.588. The van der Waals surface area contributed by atoms with Crippen molar-refractivity contribution in [3.8, 4) is 0 Å². The molecular formula is C17H25N3O3S. The highest BCUT2D eigenvalue weighted by molar-refractivity contribution is 7.89. The van der Waals surface area contributed by atoms with E-state index in [1.165, 1.54) is 44.2 Å². The number of hydrogen-bond acceptors (Lipinski definition) is 4. The zero-order chi connectivity index (χ0) is 17.2. The Balaban J connectivity index is 1.56. The summed E-state index contributed by atoms with van der Waals surface area (Å²) in [6, 6.07) is 6.04. The smallest absolute Gasteiger partial charge is 0.238 e. The first-order valence-electron chi connectivity index (χ1n) is 8.57. The summed E-state index contributed by atoms with van der Waals surface area (Å²) in [6.45, 7) is 2.31. The predicted octanol–water partition coefficient (Wildman–Crippen LogP) is 1.78. The lowest BCUT2D eigenvalue weighted by Gasteiger charge is -2.41. The topological polar surface area (TPSA) is 92.5 Å². The molecule has 1 heterocycles. The van der Waals surface area contributed by atoms with Gasteiger partial charge in [-0.05, 0) is 49.4 Å². The Hall–Kier alpha value is -1.44. The fourth-order valence-electron chi connectivity index (χ4n) is 3.97. The van der Waals surface area contributed by atoms with Crippen LogP contribution in [0.15, 0.2) is 29.2 Å². The molecule has 2 fully saturated rings. The fourth-order valence-corrected chi connectivity index (χ4v) is 4.53. The SMILES string of the molecule is NS(=O)(=O)c1cccc(NC(=O)CN2CC[C@@H]3CCCC[C@H]3C2)c1. The Bertz CT molecular complexity index is 705. The molecule has 2 aliphatic rings. The summed E-state index contributed by atoms with van der Waals surface area (Å²) in [4.78, 5) is 14.5. The summed E-state index contributed by atoms with van der Waals surface area (Å²) in [5.41, 5.74) is 0.457. The van der Waals surface area contributed by atoms with E-state index in [-0.39, 0.29) is 10.8 Å². The number of likely N-dealkylation sites (tertiary alicyclic amines) is 1. The van der Waals surface area contributed by atoms with Crippen molar-refractivity contribution in [3.05, 3.63) is 24.3 Å². The number of benzene rings is 1. The number of sulfonamides is 1. The first kappa shape index (κ1) is 17.4. The van der Waals surface area contributed by atoms with Crippen molar-refractivity contribution in [2.45, 2.75) is 37.0 Å². The van der Waals surface area contributed by atoms with Crippen LogP contribution in [0.4, 0.5) is 5.69 Å². The molecule has 0 radical (unpaired) electrons. The molecule has 1 aliphatic carbocycles. The number of hydrogen-bond donors (Lipinski definition) is 2. The van der Waals surface area contributed by atoms with Gasteiger partial charge in [0.05, 0.1) is 11.4 Å². The zero-order valence-corrected chi connectivity index (χ0v) is 14.6. The van der Waals surface area contributed by atoms with Crippen molar-refractivity contribution in [2.75, 3.05) is 25.0 Å². The largest absolute Gasteiger partial charge is 0.325 e. The maximum absolute atomic E-state index is 12.3. The molecule has 3 rings (SSSR count). The lowest BCUT2D eigenvalue weighted by Crippen LogP contribution is -2.44. The van der Waals surface area contributed by atoms with Crippen LogP contribution >= 0.6 is 0 Å². The van der Waals surface area contributed by atoms with Gasteiger partial charge in [0.25, 0.3) is 0 Å². The number of anilines is 1. The average Bonchev–Trinajstić information content (AvgIpc) is 2.54. The molecule has 6 nitrogen and oxygen atoms in total. The Labute approximate surface area is 143 Å². The molecular weight excluding hydrogens is 326 g/mol. The molecule has 1 amide bonds. The highest BCUT2D eigenvalue weighted by atomic mass is 32.2. The van der Waals surface area contributed by atoms with Gasteiger partial charge in [-0.1, -0.05) is 25.3 Å². The number of nitrogens with zero attached hydrogens (tertiary/aromatic N) is 1. The Morgan fingerprint density at radius 3 is 2.71 bits per heavy atom. The Morgan fingerprint density at radius 1 is 1.21 bits per heavy atom. The van der Waals surface area contributed by atoms with E-state index in [9.17, 15) is 13.2 Å². The van der Waals surface area contributed by atoms with Crippen molar-refractivity contribution in [2.24, 2.45) is 17.0 Å². The molecule has 0 spiro atoms. The van der Waals surface area contributed by atoms with Gasteiger partial charge in [-0.3, -0.25) is 9.69 Å². The van der Waals surface area contributed by atoms with Crippen molar-refractivity contribution >= 4 is 21.6 Å². The quantitative estimate of drug-likeness (QED) is 0.865. The number of amides is 1. The average molecular weight is 351 g/mol. The molecule has 1 aromatic carbocycles. The van der Waals surface area contributed by atoms with Gasteiger partial charge in [-0.15, -0.1) is 0 Å². The van der Waals surface area contributed by atoms with Crippen LogP contribution in [0.3, 0.4) is 0 Å². The maximum Gasteiger partial charge on any atom is 0.238 e. The molecule has 7 heteroatoms. The van der Waals surface area contributed by atoms with Crippen molar-refractivity contribution in [1.29, 1.82) is 0 Å². The van der Waals surface area contributed by atoms with Gasteiger partial charge in [0, 0.05) is 12.2 Å². The van der Waals surface area contributed by atoms with Crippen LogP contribution in [0.2, 0.25) is 0 Å². The van der Waals surface area contributed by atoms with Crippen LogP contribution in [0, 0.1) is 11.8 Å². The second-order valence-corrected chi connectivity index (χ2v) is 8.51. The number of fused-ring (bicyclic) bond motifs is 1. The second kappa shape index (κ2) is 7.21. The van der Waals surface area contributed by atoms with E-state index in [2.05, 4.69) is 10.2 Å². The van der Waals surface area contributed by atoms with E-state index < -0.39 is 10.0 Å². The summed E-state index contributed by atoms with van der Waals surface area (Å²) in [7, 11) is -3.76. The van der Waals surface area contributed by atoms with Gasteiger partial charge in [-0.2, -0.15) is 0 Å². The predicted molar refractivity (Wildman–Crippen MR) is 92.9 cm³/mol. The summed E-state index contributed by atoms with van der Waals surface area (Å²) >= 11 is 0. The van der Waals surface area contributed by atoms with Crippen LogP contribution in [0.1, 0.15) is 32.1 Å². The van der Waals surface area contributed by atoms with Gasteiger partial charge in [0.1, 0.15) is 0 Å². The highest BCUT2D eigenvalue weighted by Gasteiger charge is 2.31. The molecule has 1 aromatic rings. The summed E-state index contributed by atoms with van der Waals surface area (Å²) < 4.78 is 22.8. The normalized spacial score (nSPS) is 25.0. The van der Waals surface area contributed by atoms with E-state index >= 15 is 0 Å². The second-order valence-electron chi connectivity index (χ2n) is 6.95. The first-order chi connectivity index (χ1) is 11.4. The third kappa shape index (κ3) is 4.34. The molecule has 1 aliphatic heterocycles. The molecule has 3 N–H and O–H groups in total. The van der Waals surface area contributed by atoms with E-state index in [4.69, 9.17) is 5.14 Å². The van der Waals surface area contributed by atoms with Crippen LogP contribution < -0.4 is 10.5 Å². The summed E-state index contributed by atoms with van der Waals surface area (Å²) in [5, 5.41) is 7.89. The third-order valence-corrected chi connectivity index (χ3v) is 6.10. The van der Waals surface area contributed by atoms with Crippen molar-refractivity contribution in [1.82, 2.24) is 4.90 Å². The summed E-state index contributed by atoms with van der Waals surface area (Å²) in [6.07, 6.45) is 6.45. The summed E-state index contributed by atoms with van der Waals surface area (Å²) in [5.74, 6) is 1.45. The lowest BCUT2D eigenvalue weighted by atomic mass is 9.75. The monoisotopic (exact) mass is 351 g/mol. The Morgan fingerprint density at radius 2 is 1.96 bits per heavy atom. The number of carbonyl (C=O) groups is 1. The van der Waals surface area contributed by atoms with Crippen LogP contribution in [0.5, 0.6) is 0 Å². The minimum Gasteiger partial charge on any atom is -0.325 e. The zero-order valence-electron chi connectivity index (χ0n) is 13.8. The lowest BCUT2D eigenvalue weighted by molar-refractivity contribution is -0.118. The highest BCUT2D eigenvalue weighted by Crippen LogP contribution is 2.35. The molecule has 0 aromatic heterocycles. The third-order valence-electron chi connectivity index (χ3n) is 5.19. The number of nitrogens with two attached hydrogens (primary N) is 1. The maximum atomic E-state index is 12.3. The van der Waals surface area contributed by atoms with E-state index in [1.54, 1.807) is 12.1 Å². The van der Waals surface area contributed by atoms with Gasteiger partial charge in [0.15, 0.2) is 0 Å². The standard InChI is InChI=1S/C17H25N3O3S/c18-24(22,23)16-7-3-6-15(10-16)19-17(21)12-20-9-8-13-4-1-2-5-14(13)11-20/h3,6-7,10,13-14H,1-2,4-5,8-9,11-12H2,(H,19,21)(H2,18,22,23)/t13-,14-/m0/s1. The van der Waals surface area contributed by atoms with Gasteiger partial charge < -0.3 is 5.32 Å². The molecule has 1 saturated carbocycles. The molecule has 0 unspecified atom stereocenters. The number of primary sulfonamides is 1. The number of nitrogens with one attached hydrogen (secondary N) is 1. The number of rotatable bonds is 4. The first-order valence-corrected chi connectivity index (χ1v) is 10.1. The van der Waals surface area contributed by atoms with E-state index in [1.807, 2.05) is 0 Å². The molecule has 1 saturated heterocycles. The number of carbonyl (C=O) groups excluding carboxylic acids is 1. The molecule has 24 heavy (non-hydrogen) atoms. The van der Waals surface area contributed by atoms with Crippen molar-refractivity contribution in [3.63, 3.8) is 0 Å². The van der Waals surface area contributed by atoms with E-state index in [0.29, 0.717) is 12.2 Å². The van der Waals surface area contributed by atoms with Crippen LogP contribution in [-0.2, 0) is 14.8 Å². The van der Waals surface area contributed by atoms with Gasteiger partial charge in [-0.25, -0.2) is 13.6 Å².